The Morgan fingerprint density at radius 3 is 2.19 bits per heavy atom. The zero-order valence-corrected chi connectivity index (χ0v) is 12.8. The summed E-state index contributed by atoms with van der Waals surface area (Å²) in [4.78, 5) is 22.9. The summed E-state index contributed by atoms with van der Waals surface area (Å²) in [6, 6.07) is 6.65. The highest BCUT2D eigenvalue weighted by Gasteiger charge is 2.24. The standard InChI is InChI=1S/C16H24N2O3/c1-4-11(3)14(15(19)20)18-16(21)17-10-13-8-6-12(5-2)7-9-13/h6-9,11,14H,4-5,10H2,1-3H3,(H,19,20)(H2,17,18,21)/t11-,14-/m0/s1. The predicted molar refractivity (Wildman–Crippen MR) is 82.1 cm³/mol. The largest absolute Gasteiger partial charge is 0.480 e. The summed E-state index contributed by atoms with van der Waals surface area (Å²) in [6.07, 6.45) is 1.67. The van der Waals surface area contributed by atoms with Crippen molar-refractivity contribution in [2.45, 2.75) is 46.2 Å². The number of aryl methyl sites for hydroxylation is 1. The molecule has 0 radical (unpaired) electrons. The first kappa shape index (κ1) is 17.0. The van der Waals surface area contributed by atoms with Crippen molar-refractivity contribution in [2.24, 2.45) is 5.92 Å². The number of carboxylic acid groups (broad SMARTS) is 1. The van der Waals surface area contributed by atoms with Crippen LogP contribution in [-0.2, 0) is 17.8 Å². The molecule has 2 amide bonds. The van der Waals surface area contributed by atoms with Crippen LogP contribution in [0.15, 0.2) is 24.3 Å². The van der Waals surface area contributed by atoms with Crippen LogP contribution in [0.5, 0.6) is 0 Å². The van der Waals surface area contributed by atoms with Gasteiger partial charge in [-0.15, -0.1) is 0 Å². The maximum atomic E-state index is 11.8. The van der Waals surface area contributed by atoms with Crippen LogP contribution in [0.3, 0.4) is 0 Å². The Kier molecular flexibility index (Phi) is 6.72. The Bertz CT molecular complexity index is 471. The van der Waals surface area contributed by atoms with Crippen LogP contribution in [-0.4, -0.2) is 23.1 Å². The van der Waals surface area contributed by atoms with E-state index in [0.717, 1.165) is 12.0 Å². The van der Waals surface area contributed by atoms with Gasteiger partial charge in [-0.3, -0.25) is 0 Å². The summed E-state index contributed by atoms with van der Waals surface area (Å²) >= 11 is 0. The molecular formula is C16H24N2O3. The molecule has 0 aliphatic heterocycles. The molecule has 0 unspecified atom stereocenters. The number of carbonyl (C=O) groups is 2. The number of hydrogen-bond acceptors (Lipinski definition) is 2. The second kappa shape index (κ2) is 8.29. The van der Waals surface area contributed by atoms with Crippen molar-refractivity contribution >= 4 is 12.0 Å². The molecule has 0 fully saturated rings. The van der Waals surface area contributed by atoms with Crippen molar-refractivity contribution < 1.29 is 14.7 Å². The van der Waals surface area contributed by atoms with E-state index in [4.69, 9.17) is 5.11 Å². The molecule has 0 aliphatic carbocycles. The first-order valence-corrected chi connectivity index (χ1v) is 7.32. The molecule has 0 saturated heterocycles. The molecule has 0 saturated carbocycles. The van der Waals surface area contributed by atoms with Crippen molar-refractivity contribution in [3.05, 3.63) is 35.4 Å². The third kappa shape index (κ3) is 5.45. The summed E-state index contributed by atoms with van der Waals surface area (Å²) in [5, 5.41) is 14.3. The minimum atomic E-state index is -1.01. The number of aliphatic carboxylic acids is 1. The first-order valence-electron chi connectivity index (χ1n) is 7.32. The van der Waals surface area contributed by atoms with Crippen LogP contribution in [0.1, 0.15) is 38.3 Å². The van der Waals surface area contributed by atoms with Gasteiger partial charge in [-0.25, -0.2) is 9.59 Å². The van der Waals surface area contributed by atoms with Gasteiger partial charge in [0.15, 0.2) is 0 Å². The number of hydrogen-bond donors (Lipinski definition) is 3. The van der Waals surface area contributed by atoms with Crippen LogP contribution >= 0.6 is 0 Å². The van der Waals surface area contributed by atoms with Crippen molar-refractivity contribution in [1.82, 2.24) is 10.6 Å². The first-order chi connectivity index (χ1) is 9.97. The lowest BCUT2D eigenvalue weighted by Gasteiger charge is -2.20. The van der Waals surface area contributed by atoms with Crippen LogP contribution < -0.4 is 10.6 Å². The Labute approximate surface area is 125 Å². The SMILES string of the molecule is CCc1ccc(CNC(=O)N[C@H](C(=O)O)[C@@H](C)CC)cc1. The lowest BCUT2D eigenvalue weighted by atomic mass is 9.99. The molecule has 1 aromatic carbocycles. The molecule has 116 valence electrons. The summed E-state index contributed by atoms with van der Waals surface area (Å²) < 4.78 is 0. The second-order valence-corrected chi connectivity index (χ2v) is 5.20. The monoisotopic (exact) mass is 292 g/mol. The molecule has 21 heavy (non-hydrogen) atoms. The smallest absolute Gasteiger partial charge is 0.326 e. The molecule has 5 heteroatoms. The van der Waals surface area contributed by atoms with Crippen LogP contribution in [0.2, 0.25) is 0 Å². The fourth-order valence-corrected chi connectivity index (χ4v) is 1.95. The lowest BCUT2D eigenvalue weighted by molar-refractivity contribution is -0.140. The number of nitrogens with one attached hydrogen (secondary N) is 2. The van der Waals surface area contributed by atoms with Gasteiger partial charge in [0.2, 0.25) is 0 Å². The van der Waals surface area contributed by atoms with Crippen LogP contribution in [0, 0.1) is 5.92 Å². The van der Waals surface area contributed by atoms with E-state index >= 15 is 0 Å². The van der Waals surface area contributed by atoms with Gasteiger partial charge < -0.3 is 15.7 Å². The van der Waals surface area contributed by atoms with Crippen molar-refractivity contribution in [3.63, 3.8) is 0 Å². The molecule has 1 rings (SSSR count). The average molecular weight is 292 g/mol. The number of benzene rings is 1. The molecular weight excluding hydrogens is 268 g/mol. The summed E-state index contributed by atoms with van der Waals surface area (Å²) in [5.41, 5.74) is 2.23. The maximum absolute atomic E-state index is 11.8. The molecule has 0 bridgehead atoms. The van der Waals surface area contributed by atoms with Crippen molar-refractivity contribution in [2.75, 3.05) is 0 Å². The Morgan fingerprint density at radius 2 is 1.71 bits per heavy atom. The number of urea groups is 1. The number of amides is 2. The summed E-state index contributed by atoms with van der Waals surface area (Å²) in [7, 11) is 0. The topological polar surface area (TPSA) is 78.4 Å². The van der Waals surface area contributed by atoms with E-state index in [1.54, 1.807) is 0 Å². The van der Waals surface area contributed by atoms with Crippen molar-refractivity contribution in [1.29, 1.82) is 0 Å². The molecule has 1 aromatic rings. The van der Waals surface area contributed by atoms with Crippen LogP contribution in [0.4, 0.5) is 4.79 Å². The molecule has 3 N–H and O–H groups in total. The van der Waals surface area contributed by atoms with Gasteiger partial charge in [0, 0.05) is 6.54 Å². The van der Waals surface area contributed by atoms with Gasteiger partial charge in [-0.05, 0) is 23.5 Å². The number of carboxylic acids is 1. The third-order valence-corrected chi connectivity index (χ3v) is 3.65. The molecule has 5 nitrogen and oxygen atoms in total. The molecule has 0 aromatic heterocycles. The normalized spacial score (nSPS) is 13.3. The van der Waals surface area contributed by atoms with Gasteiger partial charge in [0.1, 0.15) is 6.04 Å². The Balaban J connectivity index is 2.50. The van der Waals surface area contributed by atoms with Gasteiger partial charge in [0.25, 0.3) is 0 Å². The van der Waals surface area contributed by atoms with Crippen LogP contribution in [0.25, 0.3) is 0 Å². The minimum Gasteiger partial charge on any atom is -0.480 e. The van der Waals surface area contributed by atoms with E-state index in [1.165, 1.54) is 5.56 Å². The highest BCUT2D eigenvalue weighted by atomic mass is 16.4. The number of carbonyl (C=O) groups excluding carboxylic acids is 1. The summed E-state index contributed by atoms with van der Waals surface area (Å²) in [5.74, 6) is -1.12. The minimum absolute atomic E-state index is 0.114. The zero-order valence-electron chi connectivity index (χ0n) is 12.8. The van der Waals surface area contributed by atoms with E-state index < -0.39 is 18.0 Å². The highest BCUT2D eigenvalue weighted by Crippen LogP contribution is 2.08. The zero-order chi connectivity index (χ0) is 15.8. The van der Waals surface area contributed by atoms with Gasteiger partial charge in [-0.2, -0.15) is 0 Å². The molecule has 0 aliphatic rings. The third-order valence-electron chi connectivity index (χ3n) is 3.65. The second-order valence-electron chi connectivity index (χ2n) is 5.20. The van der Waals surface area contributed by atoms with E-state index in [-0.39, 0.29) is 5.92 Å². The van der Waals surface area contributed by atoms with Gasteiger partial charge in [0.05, 0.1) is 0 Å². The van der Waals surface area contributed by atoms with E-state index in [9.17, 15) is 9.59 Å². The highest BCUT2D eigenvalue weighted by molar-refractivity contribution is 5.82. The Hall–Kier alpha value is -2.04. The Morgan fingerprint density at radius 1 is 1.14 bits per heavy atom. The maximum Gasteiger partial charge on any atom is 0.326 e. The summed E-state index contributed by atoms with van der Waals surface area (Å²) in [6.45, 7) is 6.17. The average Bonchev–Trinajstić information content (AvgIpc) is 2.50. The van der Waals surface area contributed by atoms with Gasteiger partial charge in [-0.1, -0.05) is 51.5 Å². The number of rotatable bonds is 7. The fourth-order valence-electron chi connectivity index (χ4n) is 1.95. The lowest BCUT2D eigenvalue weighted by Crippen LogP contribution is -2.48. The quantitative estimate of drug-likeness (QED) is 0.722. The predicted octanol–water partition coefficient (Wildman–Crippen LogP) is 2.55. The van der Waals surface area contributed by atoms with Gasteiger partial charge >= 0.3 is 12.0 Å². The van der Waals surface area contributed by atoms with E-state index in [1.807, 2.05) is 38.1 Å². The molecule has 0 spiro atoms. The fraction of sp³-hybridized carbons (Fsp3) is 0.500. The molecule has 2 atom stereocenters. The van der Waals surface area contributed by atoms with E-state index in [0.29, 0.717) is 13.0 Å². The van der Waals surface area contributed by atoms with E-state index in [2.05, 4.69) is 17.6 Å². The molecule has 0 heterocycles. The van der Waals surface area contributed by atoms with Crippen molar-refractivity contribution in [3.8, 4) is 0 Å².